The number of thiophene rings is 1. The minimum absolute atomic E-state index is 0.0121. The second-order valence-electron chi connectivity index (χ2n) is 7.57. The monoisotopic (exact) mass is 389 g/mol. The molecule has 140 valence electrons. The van der Waals surface area contributed by atoms with Gasteiger partial charge in [-0.1, -0.05) is 0 Å². The van der Waals surface area contributed by atoms with Crippen molar-refractivity contribution in [3.63, 3.8) is 0 Å². The summed E-state index contributed by atoms with van der Waals surface area (Å²) in [6, 6.07) is 13.3. The third-order valence-electron chi connectivity index (χ3n) is 5.62. The topological polar surface area (TPSA) is 104 Å². The molecule has 1 aromatic carbocycles. The summed E-state index contributed by atoms with van der Waals surface area (Å²) in [4.78, 5) is 16.2. The van der Waals surface area contributed by atoms with Crippen molar-refractivity contribution in [2.24, 2.45) is 11.8 Å². The Kier molecular flexibility index (Phi) is 4.21. The second kappa shape index (κ2) is 6.47. The van der Waals surface area contributed by atoms with E-state index in [1.165, 1.54) is 16.2 Å². The van der Waals surface area contributed by atoms with Crippen LogP contribution in [0.3, 0.4) is 0 Å². The summed E-state index contributed by atoms with van der Waals surface area (Å²) in [5.41, 5.74) is 1.06. The number of hydrogen-bond acceptors (Lipinski definition) is 5. The Bertz CT molecular complexity index is 1040. The Hall–Kier alpha value is -3.16. The fraction of sp³-hybridized carbons (Fsp3) is 0.333. The Balaban J connectivity index is 1.76. The molecular formula is C21H19N5OS. The van der Waals surface area contributed by atoms with E-state index in [2.05, 4.69) is 17.5 Å². The maximum Gasteiger partial charge on any atom is 0.235 e. The first-order valence-electron chi connectivity index (χ1n) is 9.07. The maximum absolute atomic E-state index is 12.9. The summed E-state index contributed by atoms with van der Waals surface area (Å²) in [7, 11) is 1.64. The Morgan fingerprint density at radius 3 is 2.43 bits per heavy atom. The van der Waals surface area contributed by atoms with Crippen LogP contribution in [0.25, 0.3) is 10.4 Å². The lowest BCUT2D eigenvalue weighted by Gasteiger charge is -2.45. The van der Waals surface area contributed by atoms with Crippen molar-refractivity contribution in [3.05, 3.63) is 46.3 Å². The van der Waals surface area contributed by atoms with Crippen LogP contribution in [0.2, 0.25) is 0 Å². The number of benzene rings is 1. The molecule has 2 aliphatic rings. The second-order valence-corrected chi connectivity index (χ2v) is 8.66. The minimum Gasteiger partial charge on any atom is -0.345 e. The van der Waals surface area contributed by atoms with E-state index in [1.807, 2.05) is 19.1 Å². The van der Waals surface area contributed by atoms with E-state index < -0.39 is 5.54 Å². The van der Waals surface area contributed by atoms with Crippen LogP contribution in [-0.2, 0) is 10.3 Å². The SMILES string of the molecule is CN1C(=N)N[C@](C)(c2ccc(-c3cc(C#N)cc(C#N)c3)s2)[C@H](C2CC2)C1=O. The number of nitriles is 2. The number of carbonyl (C=O) groups is 1. The molecule has 7 heteroatoms. The lowest BCUT2D eigenvalue weighted by molar-refractivity contribution is -0.136. The van der Waals surface area contributed by atoms with Gasteiger partial charge in [-0.15, -0.1) is 11.3 Å². The summed E-state index contributed by atoms with van der Waals surface area (Å²) in [5.74, 6) is 0.218. The Morgan fingerprint density at radius 2 is 1.86 bits per heavy atom. The molecule has 6 nitrogen and oxygen atoms in total. The van der Waals surface area contributed by atoms with Crippen LogP contribution in [-0.4, -0.2) is 23.8 Å². The van der Waals surface area contributed by atoms with Crippen molar-refractivity contribution in [2.75, 3.05) is 7.05 Å². The van der Waals surface area contributed by atoms with Crippen LogP contribution in [0.4, 0.5) is 0 Å². The van der Waals surface area contributed by atoms with Gasteiger partial charge in [0.05, 0.1) is 34.7 Å². The molecule has 2 N–H and O–H groups in total. The van der Waals surface area contributed by atoms with E-state index in [-0.39, 0.29) is 17.8 Å². The van der Waals surface area contributed by atoms with Crippen LogP contribution in [0, 0.1) is 39.9 Å². The largest absolute Gasteiger partial charge is 0.345 e. The molecule has 1 aliphatic heterocycles. The third kappa shape index (κ3) is 2.85. The summed E-state index contributed by atoms with van der Waals surface area (Å²) in [5, 5.41) is 29.9. The molecule has 2 heterocycles. The molecule has 1 amide bonds. The van der Waals surface area contributed by atoms with Gasteiger partial charge in [0.1, 0.15) is 0 Å². The smallest absolute Gasteiger partial charge is 0.235 e. The highest BCUT2D eigenvalue weighted by molar-refractivity contribution is 7.15. The Morgan fingerprint density at radius 1 is 1.21 bits per heavy atom. The number of nitrogens with one attached hydrogen (secondary N) is 2. The number of carbonyl (C=O) groups excluding carboxylic acids is 1. The van der Waals surface area contributed by atoms with Gasteiger partial charge in [-0.05, 0) is 61.6 Å². The zero-order valence-corrected chi connectivity index (χ0v) is 16.4. The van der Waals surface area contributed by atoms with Crippen LogP contribution >= 0.6 is 11.3 Å². The molecule has 2 aromatic rings. The first kappa shape index (κ1) is 18.2. The fourth-order valence-electron chi connectivity index (χ4n) is 3.96. The molecule has 1 aromatic heterocycles. The molecule has 0 bridgehead atoms. The average molecular weight is 389 g/mol. The maximum atomic E-state index is 12.9. The summed E-state index contributed by atoms with van der Waals surface area (Å²) < 4.78 is 0. The highest BCUT2D eigenvalue weighted by Gasteiger charge is 2.54. The highest BCUT2D eigenvalue weighted by Crippen LogP contribution is 2.50. The zero-order valence-electron chi connectivity index (χ0n) is 15.6. The standard InChI is InChI=1S/C21H19N5OS/c1-21(18(14-3-4-14)19(27)26(2)20(24)25-21)17-6-5-16(28-17)15-8-12(10-22)7-13(9-15)11-23/h5-9,14,18H,3-4H2,1-2H3,(H2,24,25)/t18-,21-/m1/s1. The number of guanidine groups is 1. The highest BCUT2D eigenvalue weighted by atomic mass is 32.1. The summed E-state index contributed by atoms with van der Waals surface area (Å²) in [6.07, 6.45) is 2.06. The number of amides is 1. The predicted molar refractivity (Wildman–Crippen MR) is 106 cm³/mol. The first-order chi connectivity index (χ1) is 13.4. The number of hydrogen-bond donors (Lipinski definition) is 2. The van der Waals surface area contributed by atoms with Gasteiger partial charge in [0, 0.05) is 16.8 Å². The minimum atomic E-state index is -0.643. The zero-order chi connectivity index (χ0) is 20.1. The molecule has 2 fully saturated rings. The normalized spacial score (nSPS) is 24.4. The molecule has 28 heavy (non-hydrogen) atoms. The van der Waals surface area contributed by atoms with Crippen molar-refractivity contribution < 1.29 is 4.79 Å². The molecular weight excluding hydrogens is 370 g/mol. The van der Waals surface area contributed by atoms with Crippen LogP contribution < -0.4 is 5.32 Å². The van der Waals surface area contributed by atoms with Crippen molar-refractivity contribution in [2.45, 2.75) is 25.3 Å². The van der Waals surface area contributed by atoms with Gasteiger partial charge < -0.3 is 5.32 Å². The van der Waals surface area contributed by atoms with Crippen molar-refractivity contribution in [1.82, 2.24) is 10.2 Å². The van der Waals surface area contributed by atoms with Crippen molar-refractivity contribution >= 4 is 23.2 Å². The van der Waals surface area contributed by atoms with Gasteiger partial charge in [0.2, 0.25) is 5.91 Å². The summed E-state index contributed by atoms with van der Waals surface area (Å²) >= 11 is 1.54. The molecule has 1 aliphatic carbocycles. The van der Waals surface area contributed by atoms with E-state index >= 15 is 0 Å². The van der Waals surface area contributed by atoms with E-state index in [0.717, 1.165) is 28.2 Å². The van der Waals surface area contributed by atoms with E-state index in [1.54, 1.807) is 25.2 Å². The van der Waals surface area contributed by atoms with Crippen LogP contribution in [0.1, 0.15) is 35.8 Å². The van der Waals surface area contributed by atoms with Gasteiger partial charge in [-0.3, -0.25) is 15.1 Å². The predicted octanol–water partition coefficient (Wildman–Crippen LogP) is 3.40. The van der Waals surface area contributed by atoms with Crippen molar-refractivity contribution in [3.8, 4) is 22.6 Å². The van der Waals surface area contributed by atoms with E-state index in [0.29, 0.717) is 17.0 Å². The van der Waals surface area contributed by atoms with Gasteiger partial charge in [0.15, 0.2) is 5.96 Å². The summed E-state index contributed by atoms with van der Waals surface area (Å²) in [6.45, 7) is 2.00. The lowest BCUT2D eigenvalue weighted by atomic mass is 9.78. The molecule has 2 atom stereocenters. The molecule has 0 spiro atoms. The van der Waals surface area contributed by atoms with Gasteiger partial charge in [-0.2, -0.15) is 10.5 Å². The van der Waals surface area contributed by atoms with Gasteiger partial charge in [-0.25, -0.2) is 0 Å². The molecule has 4 rings (SSSR count). The van der Waals surface area contributed by atoms with E-state index in [4.69, 9.17) is 5.41 Å². The fourth-order valence-corrected chi connectivity index (χ4v) is 5.10. The van der Waals surface area contributed by atoms with Gasteiger partial charge >= 0.3 is 0 Å². The number of nitrogens with zero attached hydrogens (tertiary/aromatic N) is 3. The first-order valence-corrected chi connectivity index (χ1v) is 9.89. The van der Waals surface area contributed by atoms with Gasteiger partial charge in [0.25, 0.3) is 0 Å². The lowest BCUT2D eigenvalue weighted by Crippen LogP contribution is -2.64. The van der Waals surface area contributed by atoms with Crippen LogP contribution in [0.5, 0.6) is 0 Å². The van der Waals surface area contributed by atoms with E-state index in [9.17, 15) is 15.3 Å². The molecule has 1 saturated carbocycles. The number of rotatable bonds is 3. The van der Waals surface area contributed by atoms with Crippen molar-refractivity contribution in [1.29, 1.82) is 15.9 Å². The van der Waals surface area contributed by atoms with Crippen LogP contribution in [0.15, 0.2) is 30.3 Å². The third-order valence-corrected chi connectivity index (χ3v) is 6.99. The molecule has 0 radical (unpaired) electrons. The quantitative estimate of drug-likeness (QED) is 0.839. The Labute approximate surface area is 167 Å². The molecule has 1 saturated heterocycles. The average Bonchev–Trinajstić information content (AvgIpc) is 3.38. The molecule has 0 unspecified atom stereocenters.